The molecule has 1 heterocycles. The van der Waals surface area contributed by atoms with Gasteiger partial charge in [0.1, 0.15) is 0 Å². The molecule has 2 aromatic rings. The van der Waals surface area contributed by atoms with E-state index in [9.17, 15) is 13.6 Å². The highest BCUT2D eigenvalue weighted by Crippen LogP contribution is 2.30. The Labute approximate surface area is 154 Å². The summed E-state index contributed by atoms with van der Waals surface area (Å²) in [6.45, 7) is 3.16. The Morgan fingerprint density at radius 2 is 2.12 bits per heavy atom. The quantitative estimate of drug-likeness (QED) is 0.659. The molecule has 1 amide bonds. The number of benzene rings is 1. The van der Waals surface area contributed by atoms with E-state index in [4.69, 9.17) is 4.74 Å². The summed E-state index contributed by atoms with van der Waals surface area (Å²) in [5.41, 5.74) is 1.54. The van der Waals surface area contributed by atoms with Gasteiger partial charge in [0, 0.05) is 11.5 Å². The number of halogens is 2. The van der Waals surface area contributed by atoms with Gasteiger partial charge in [-0.05, 0) is 36.6 Å². The number of alkyl halides is 2. The van der Waals surface area contributed by atoms with Crippen molar-refractivity contribution in [1.82, 2.24) is 4.98 Å². The lowest BCUT2D eigenvalue weighted by atomic mass is 10.2. The van der Waals surface area contributed by atoms with E-state index >= 15 is 0 Å². The van der Waals surface area contributed by atoms with Gasteiger partial charge in [0.25, 0.3) is 0 Å². The van der Waals surface area contributed by atoms with E-state index in [0.29, 0.717) is 23.2 Å². The molecule has 0 bridgehead atoms. The molecule has 1 aromatic carbocycles. The van der Waals surface area contributed by atoms with Crippen LogP contribution in [0, 0.1) is 0 Å². The number of ether oxygens (including phenoxy) is 2. The second kappa shape index (κ2) is 9.28. The van der Waals surface area contributed by atoms with Crippen LogP contribution in [0.4, 0.5) is 13.9 Å². The summed E-state index contributed by atoms with van der Waals surface area (Å²) in [7, 11) is 0. The van der Waals surface area contributed by atoms with Crippen molar-refractivity contribution in [3.63, 3.8) is 0 Å². The number of thiazole rings is 1. The van der Waals surface area contributed by atoms with Gasteiger partial charge in [-0.15, -0.1) is 11.3 Å². The Kier molecular flexibility index (Phi) is 7.08. The van der Waals surface area contributed by atoms with E-state index in [2.05, 4.69) is 15.0 Å². The van der Waals surface area contributed by atoms with Gasteiger partial charge in [0.05, 0.1) is 12.3 Å². The lowest BCUT2D eigenvalue weighted by Gasteiger charge is -2.11. The van der Waals surface area contributed by atoms with Crippen LogP contribution in [0.3, 0.4) is 0 Å². The van der Waals surface area contributed by atoms with Crippen molar-refractivity contribution in [2.24, 2.45) is 0 Å². The van der Waals surface area contributed by atoms with Gasteiger partial charge < -0.3 is 9.47 Å². The molecule has 140 valence electrons. The molecule has 0 aliphatic carbocycles. The zero-order valence-corrected chi connectivity index (χ0v) is 15.5. The number of amides is 1. The highest BCUT2D eigenvalue weighted by atomic mass is 32.1. The number of hydrogen-bond donors (Lipinski definition) is 1. The molecule has 0 aliphatic heterocycles. The summed E-state index contributed by atoms with van der Waals surface area (Å²) in [4.78, 5) is 16.3. The van der Waals surface area contributed by atoms with E-state index in [1.165, 1.54) is 29.5 Å². The Morgan fingerprint density at radius 3 is 2.73 bits per heavy atom. The van der Waals surface area contributed by atoms with E-state index in [1.807, 2.05) is 19.2 Å². The first-order valence-corrected chi connectivity index (χ1v) is 8.93. The highest BCUT2D eigenvalue weighted by Gasteiger charge is 2.11. The number of nitrogens with zero attached hydrogens (tertiary/aromatic N) is 1. The third-order valence-corrected chi connectivity index (χ3v) is 4.03. The molecule has 0 atom stereocenters. The SMILES string of the molecule is CCOc1cc(/C=C/C(=O)Nc2nc(C(C)C)cs2)ccc1OC(F)F. The lowest BCUT2D eigenvalue weighted by Crippen LogP contribution is -2.07. The summed E-state index contributed by atoms with van der Waals surface area (Å²) in [6, 6.07) is 4.47. The van der Waals surface area contributed by atoms with Gasteiger partial charge in [-0.2, -0.15) is 8.78 Å². The monoisotopic (exact) mass is 382 g/mol. The van der Waals surface area contributed by atoms with Crippen molar-refractivity contribution >= 4 is 28.5 Å². The molecule has 2 rings (SSSR count). The molecule has 1 aromatic heterocycles. The molecule has 0 spiro atoms. The topological polar surface area (TPSA) is 60.5 Å². The average Bonchev–Trinajstić information content (AvgIpc) is 3.03. The van der Waals surface area contributed by atoms with Crippen molar-refractivity contribution in [3.8, 4) is 11.5 Å². The number of hydrogen-bond acceptors (Lipinski definition) is 5. The molecular weight excluding hydrogens is 362 g/mol. The molecular formula is C18H20F2N2O3S. The zero-order chi connectivity index (χ0) is 19.1. The van der Waals surface area contributed by atoms with Gasteiger partial charge in [0.2, 0.25) is 5.91 Å². The predicted octanol–water partition coefficient (Wildman–Crippen LogP) is 4.92. The van der Waals surface area contributed by atoms with Gasteiger partial charge >= 0.3 is 6.61 Å². The number of aromatic nitrogens is 1. The Balaban J connectivity index is 2.05. The van der Waals surface area contributed by atoms with E-state index in [0.717, 1.165) is 5.69 Å². The normalized spacial score (nSPS) is 11.3. The second-order valence-corrected chi connectivity index (χ2v) is 6.43. The molecule has 0 aliphatic rings. The largest absolute Gasteiger partial charge is 0.490 e. The summed E-state index contributed by atoms with van der Waals surface area (Å²) in [5, 5.41) is 5.12. The first-order chi connectivity index (χ1) is 12.4. The van der Waals surface area contributed by atoms with Crippen LogP contribution in [0.25, 0.3) is 6.08 Å². The van der Waals surface area contributed by atoms with Crippen molar-refractivity contribution in [2.45, 2.75) is 33.3 Å². The van der Waals surface area contributed by atoms with Crippen LogP contribution in [-0.2, 0) is 4.79 Å². The lowest BCUT2D eigenvalue weighted by molar-refractivity contribution is -0.111. The van der Waals surface area contributed by atoms with Crippen LogP contribution < -0.4 is 14.8 Å². The molecule has 1 N–H and O–H groups in total. The average molecular weight is 382 g/mol. The van der Waals surface area contributed by atoms with Crippen molar-refractivity contribution in [1.29, 1.82) is 0 Å². The third-order valence-electron chi connectivity index (χ3n) is 3.25. The highest BCUT2D eigenvalue weighted by molar-refractivity contribution is 7.14. The molecule has 0 radical (unpaired) electrons. The van der Waals surface area contributed by atoms with Crippen molar-refractivity contribution in [3.05, 3.63) is 40.9 Å². The fourth-order valence-corrected chi connectivity index (χ4v) is 2.89. The van der Waals surface area contributed by atoms with Crippen molar-refractivity contribution in [2.75, 3.05) is 11.9 Å². The Morgan fingerprint density at radius 1 is 1.35 bits per heavy atom. The van der Waals surface area contributed by atoms with Gasteiger partial charge in [-0.1, -0.05) is 19.9 Å². The number of carbonyl (C=O) groups is 1. The first-order valence-electron chi connectivity index (χ1n) is 8.05. The standard InChI is InChI=1S/C18H20F2N2O3S/c1-4-24-15-9-12(5-7-14(15)25-17(19)20)6-8-16(23)22-18-21-13(10-26-18)11(2)3/h5-11,17H,4H2,1-3H3,(H,21,22,23)/b8-6+. The van der Waals surface area contributed by atoms with Crippen LogP contribution in [0.15, 0.2) is 29.7 Å². The first kappa shape index (κ1) is 19.8. The maximum Gasteiger partial charge on any atom is 0.387 e. The summed E-state index contributed by atoms with van der Waals surface area (Å²) < 4.78 is 34.5. The van der Waals surface area contributed by atoms with Gasteiger partial charge in [-0.25, -0.2) is 4.98 Å². The smallest absolute Gasteiger partial charge is 0.387 e. The minimum Gasteiger partial charge on any atom is -0.490 e. The molecule has 26 heavy (non-hydrogen) atoms. The van der Waals surface area contributed by atoms with E-state index in [1.54, 1.807) is 19.1 Å². The fourth-order valence-electron chi connectivity index (χ4n) is 2.02. The number of nitrogens with one attached hydrogen (secondary N) is 1. The summed E-state index contributed by atoms with van der Waals surface area (Å²) in [6.07, 6.45) is 2.90. The van der Waals surface area contributed by atoms with E-state index in [-0.39, 0.29) is 17.4 Å². The van der Waals surface area contributed by atoms with Crippen LogP contribution in [0.1, 0.15) is 37.9 Å². The minimum absolute atomic E-state index is 0.0487. The van der Waals surface area contributed by atoms with E-state index < -0.39 is 6.61 Å². The number of carbonyl (C=O) groups excluding carboxylic acids is 1. The zero-order valence-electron chi connectivity index (χ0n) is 14.7. The molecule has 5 nitrogen and oxygen atoms in total. The molecule has 0 fully saturated rings. The van der Waals surface area contributed by atoms with Crippen molar-refractivity contribution < 1.29 is 23.0 Å². The second-order valence-electron chi connectivity index (χ2n) is 5.57. The van der Waals surface area contributed by atoms with Crippen LogP contribution in [0.2, 0.25) is 0 Å². The third kappa shape index (κ3) is 5.80. The summed E-state index contributed by atoms with van der Waals surface area (Å²) in [5.74, 6) is 0.100. The number of anilines is 1. The molecule has 0 unspecified atom stereocenters. The van der Waals surface area contributed by atoms with Crippen LogP contribution >= 0.6 is 11.3 Å². The Hall–Kier alpha value is -2.48. The van der Waals surface area contributed by atoms with Crippen LogP contribution in [-0.4, -0.2) is 24.1 Å². The van der Waals surface area contributed by atoms with Gasteiger partial charge in [-0.3, -0.25) is 10.1 Å². The van der Waals surface area contributed by atoms with Gasteiger partial charge in [0.15, 0.2) is 16.6 Å². The molecule has 0 saturated carbocycles. The summed E-state index contributed by atoms with van der Waals surface area (Å²) >= 11 is 1.36. The number of rotatable bonds is 8. The maximum atomic E-state index is 12.4. The molecule has 8 heteroatoms. The van der Waals surface area contributed by atoms with Crippen LogP contribution in [0.5, 0.6) is 11.5 Å². The Bertz CT molecular complexity index is 776. The predicted molar refractivity (Wildman–Crippen MR) is 98.1 cm³/mol. The molecule has 0 saturated heterocycles. The maximum absolute atomic E-state index is 12.4. The minimum atomic E-state index is -2.93. The fraction of sp³-hybridized carbons (Fsp3) is 0.333.